The summed E-state index contributed by atoms with van der Waals surface area (Å²) in [6, 6.07) is 28.2. The van der Waals surface area contributed by atoms with E-state index in [1.165, 1.54) is 12.1 Å². The van der Waals surface area contributed by atoms with Crippen molar-refractivity contribution in [2.75, 3.05) is 0 Å². The summed E-state index contributed by atoms with van der Waals surface area (Å²) in [4.78, 5) is 10.4. The molecule has 0 aliphatic heterocycles. The molecule has 0 amide bonds. The summed E-state index contributed by atoms with van der Waals surface area (Å²) in [5.41, 5.74) is 7.64. The van der Waals surface area contributed by atoms with Crippen LogP contribution in [0.1, 0.15) is 144 Å². The van der Waals surface area contributed by atoms with Crippen molar-refractivity contribution in [3.05, 3.63) is 167 Å². The standard InChI is InChI=1S/C63H70N3O.Pt/c1-59(2,3)39-40-24-26-41(27-25-40)43-30-31-64-53(35-43)45-32-44(33-47(34-45)61(7,8)9)49-22-19-23-55-56(49)65-58(51-37-48(62(10,11)12)38-52(57(51)67)63(13,14)15)66(55)54-29-28-46(60(4,5)6)36-50(54)42-20-17-16-18-21-42;/h16-31,33-38,67H,39H2,1-15H3;/q-1;/i16D,17D,18D,20D,21D,26D,27D,39D2;. The number of aromatic hydroxyl groups is 1. The number of benzene rings is 6. The van der Waals surface area contributed by atoms with E-state index in [-0.39, 0.29) is 72.9 Å². The van der Waals surface area contributed by atoms with E-state index >= 15 is 0 Å². The van der Waals surface area contributed by atoms with E-state index in [4.69, 9.17) is 19.6 Å². The molecule has 0 fully saturated rings. The van der Waals surface area contributed by atoms with Crippen molar-refractivity contribution in [1.29, 1.82) is 0 Å². The predicted molar refractivity (Wildman–Crippen MR) is 285 cm³/mol. The molecule has 5 heteroatoms. The largest absolute Gasteiger partial charge is 0.507 e. The first-order valence-corrected chi connectivity index (χ1v) is 23.2. The van der Waals surface area contributed by atoms with E-state index in [1.807, 2.05) is 53.1 Å². The van der Waals surface area contributed by atoms with Gasteiger partial charge in [0.1, 0.15) is 11.6 Å². The third-order valence-electron chi connectivity index (χ3n) is 12.2. The second-order valence-corrected chi connectivity index (χ2v) is 23.0. The van der Waals surface area contributed by atoms with Crippen molar-refractivity contribution in [1.82, 2.24) is 14.5 Å². The Morgan fingerprint density at radius 2 is 1.21 bits per heavy atom. The Balaban J connectivity index is 0.00000861. The fourth-order valence-corrected chi connectivity index (χ4v) is 8.41. The van der Waals surface area contributed by atoms with Crippen molar-refractivity contribution >= 4 is 11.0 Å². The van der Waals surface area contributed by atoms with Crippen LogP contribution in [0.3, 0.4) is 0 Å². The molecule has 0 atom stereocenters. The minimum atomic E-state index is -1.78. The maximum Gasteiger partial charge on any atom is 0.148 e. The average Bonchev–Trinajstić information content (AvgIpc) is 3.71. The van der Waals surface area contributed by atoms with E-state index in [9.17, 15) is 7.85 Å². The van der Waals surface area contributed by atoms with Gasteiger partial charge >= 0.3 is 0 Å². The van der Waals surface area contributed by atoms with E-state index in [0.29, 0.717) is 67.2 Å². The first-order valence-electron chi connectivity index (χ1n) is 27.7. The molecular weight excluding hydrogens is 1010 g/mol. The van der Waals surface area contributed by atoms with Crippen LogP contribution in [0.25, 0.3) is 72.7 Å². The molecule has 0 bridgehead atoms. The zero-order chi connectivity index (χ0) is 56.3. The van der Waals surface area contributed by atoms with Crippen LogP contribution in [-0.4, -0.2) is 19.6 Å². The summed E-state index contributed by atoms with van der Waals surface area (Å²) in [5.74, 6) is 0.437. The summed E-state index contributed by atoms with van der Waals surface area (Å²) in [6.07, 6.45) is -0.131. The third kappa shape index (κ3) is 10.5. The average molecular weight is 1090 g/mol. The molecule has 8 aromatic rings. The van der Waals surface area contributed by atoms with Crippen molar-refractivity contribution in [2.45, 2.75) is 132 Å². The maximum atomic E-state index is 12.7. The van der Waals surface area contributed by atoms with Gasteiger partial charge in [-0.2, -0.15) is 0 Å². The third-order valence-corrected chi connectivity index (χ3v) is 12.2. The first kappa shape index (κ1) is 39.3. The maximum absolute atomic E-state index is 12.7. The van der Waals surface area contributed by atoms with Gasteiger partial charge in [-0.25, -0.2) is 4.98 Å². The zero-order valence-electron chi connectivity index (χ0n) is 51.3. The Hall–Kier alpha value is -5.57. The van der Waals surface area contributed by atoms with Gasteiger partial charge in [0.05, 0.1) is 31.9 Å². The van der Waals surface area contributed by atoms with E-state index in [1.54, 1.807) is 33.0 Å². The van der Waals surface area contributed by atoms with Gasteiger partial charge in [0.2, 0.25) is 0 Å². The van der Waals surface area contributed by atoms with E-state index in [2.05, 4.69) is 107 Å². The Bertz CT molecular complexity index is 3590. The molecule has 0 unspecified atom stereocenters. The van der Waals surface area contributed by atoms with Crippen molar-refractivity contribution < 1.29 is 38.5 Å². The molecule has 0 aliphatic carbocycles. The number of imidazole rings is 1. The van der Waals surface area contributed by atoms with Gasteiger partial charge in [-0.3, -0.25) is 9.55 Å². The molecule has 0 saturated heterocycles. The molecule has 68 heavy (non-hydrogen) atoms. The smallest absolute Gasteiger partial charge is 0.148 e. The number of pyridine rings is 1. The number of hydrogen-bond acceptors (Lipinski definition) is 3. The molecule has 6 aromatic carbocycles. The fraction of sp³-hybridized carbons (Fsp3) is 0.333. The number of fused-ring (bicyclic) bond motifs is 1. The number of rotatable bonds is 7. The van der Waals surface area contributed by atoms with Crippen LogP contribution >= 0.6 is 0 Å². The molecule has 354 valence electrons. The molecular formula is C63H70N3OPt-. The number of phenolic OH excluding ortho intramolecular Hbond substituents is 1. The minimum Gasteiger partial charge on any atom is -0.507 e. The van der Waals surface area contributed by atoms with Crippen LogP contribution in [0.2, 0.25) is 0 Å². The van der Waals surface area contributed by atoms with Gasteiger partial charge in [-0.15, -0.1) is 29.3 Å². The second kappa shape index (κ2) is 18.4. The van der Waals surface area contributed by atoms with Gasteiger partial charge in [0.25, 0.3) is 0 Å². The second-order valence-electron chi connectivity index (χ2n) is 23.0. The van der Waals surface area contributed by atoms with Gasteiger partial charge in [0.15, 0.2) is 0 Å². The van der Waals surface area contributed by atoms with Crippen molar-refractivity contribution in [3.8, 4) is 67.5 Å². The van der Waals surface area contributed by atoms with Gasteiger partial charge in [-0.1, -0.05) is 200 Å². The van der Waals surface area contributed by atoms with Gasteiger partial charge in [0, 0.05) is 46.8 Å². The van der Waals surface area contributed by atoms with Crippen LogP contribution < -0.4 is 0 Å². The minimum absolute atomic E-state index is 0. The molecule has 2 heterocycles. The van der Waals surface area contributed by atoms with Crippen LogP contribution in [0.4, 0.5) is 0 Å². The van der Waals surface area contributed by atoms with E-state index in [0.717, 1.165) is 22.3 Å². The summed E-state index contributed by atoms with van der Waals surface area (Å²) in [7, 11) is 0. The van der Waals surface area contributed by atoms with Crippen LogP contribution in [0, 0.1) is 11.5 Å². The molecule has 4 nitrogen and oxygen atoms in total. The van der Waals surface area contributed by atoms with Crippen molar-refractivity contribution in [2.24, 2.45) is 5.41 Å². The monoisotopic (exact) mass is 1090 g/mol. The first-order chi connectivity index (χ1) is 34.9. The molecule has 0 radical (unpaired) electrons. The zero-order valence-corrected chi connectivity index (χ0v) is 44.5. The molecule has 8 rings (SSSR count). The Morgan fingerprint density at radius 3 is 1.82 bits per heavy atom. The Kier molecular flexibility index (Phi) is 10.6. The number of aromatic nitrogens is 3. The summed E-state index contributed by atoms with van der Waals surface area (Å²) < 4.78 is 82.6. The number of nitrogens with zero attached hydrogens (tertiary/aromatic N) is 3. The van der Waals surface area contributed by atoms with Gasteiger partial charge in [-0.05, 0) is 97.2 Å². The fourth-order valence-electron chi connectivity index (χ4n) is 8.41. The topological polar surface area (TPSA) is 50.9 Å². The number of para-hydroxylation sites is 1. The summed E-state index contributed by atoms with van der Waals surface area (Å²) in [5, 5.41) is 12.7. The van der Waals surface area contributed by atoms with Crippen LogP contribution in [-0.2, 0) is 49.1 Å². The molecule has 0 aliphatic rings. The normalized spacial score (nSPS) is 14.7. The quantitative estimate of drug-likeness (QED) is 0.162. The number of hydrogen-bond donors (Lipinski definition) is 1. The number of phenols is 1. The molecule has 1 N–H and O–H groups in total. The summed E-state index contributed by atoms with van der Waals surface area (Å²) in [6.45, 7) is 30.6. The van der Waals surface area contributed by atoms with E-state index < -0.39 is 40.7 Å². The molecule has 2 aromatic heterocycles. The molecule has 0 spiro atoms. The van der Waals surface area contributed by atoms with Gasteiger partial charge < -0.3 is 5.11 Å². The summed E-state index contributed by atoms with van der Waals surface area (Å²) >= 11 is 0. The SMILES string of the molecule is [2H]c1cc(C([2H])([2H])C(C)(C)C)cc([2H])c1-c1ccnc(-c2[c-]c(-c3cccc4c3nc(-c3cc(C(C)(C)C)cc(C(C)(C)C)c3O)n4-c3ccc(C(C)(C)C)cc3-c3c([2H])c([2H])c([2H])c([2H])c3[2H])cc(C(C)(C)C)c2)c1.[Pt]. The van der Waals surface area contributed by atoms with Crippen LogP contribution in [0.15, 0.2) is 133 Å². The Morgan fingerprint density at radius 1 is 0.588 bits per heavy atom. The van der Waals surface area contributed by atoms with Crippen LogP contribution in [0.5, 0.6) is 5.75 Å². The predicted octanol–water partition coefficient (Wildman–Crippen LogP) is 17.0. The van der Waals surface area contributed by atoms with Crippen molar-refractivity contribution in [3.63, 3.8) is 0 Å². The molecule has 0 saturated carbocycles. The Labute approximate surface area is 434 Å².